The summed E-state index contributed by atoms with van der Waals surface area (Å²) in [5.41, 5.74) is 0.137. The molecule has 0 atom stereocenters. The number of hydrogen-bond acceptors (Lipinski definition) is 4. The third-order valence-electron chi connectivity index (χ3n) is 2.54. The van der Waals surface area contributed by atoms with E-state index in [9.17, 15) is 14.9 Å². The molecule has 1 fully saturated rings. The Balaban J connectivity index is 0.000000171. The van der Waals surface area contributed by atoms with Gasteiger partial charge in [0.2, 0.25) is 0 Å². The average molecular weight is 236 g/mol. The average Bonchev–Trinajstić information content (AvgIpc) is 2.41. The number of nitro benzene ring substituents is 1. The van der Waals surface area contributed by atoms with Crippen molar-refractivity contribution < 1.29 is 9.72 Å². The van der Waals surface area contributed by atoms with Crippen LogP contribution < -0.4 is 5.32 Å². The van der Waals surface area contributed by atoms with Gasteiger partial charge < -0.3 is 10.1 Å². The molecule has 1 aromatic carbocycles. The van der Waals surface area contributed by atoms with E-state index < -0.39 is 4.92 Å². The van der Waals surface area contributed by atoms with Crippen molar-refractivity contribution in [2.24, 2.45) is 5.92 Å². The smallest absolute Gasteiger partial charge is 0.269 e. The molecular formula is C12H16N2O3. The summed E-state index contributed by atoms with van der Waals surface area (Å²) in [5.74, 6) is 0.344. The lowest BCUT2D eigenvalue weighted by Gasteiger charge is -2.16. The van der Waals surface area contributed by atoms with E-state index in [1.54, 1.807) is 18.2 Å². The molecule has 0 aliphatic carbocycles. The zero-order chi connectivity index (χ0) is 12.5. The summed E-state index contributed by atoms with van der Waals surface area (Å²) < 4.78 is 0. The molecular weight excluding hydrogens is 220 g/mol. The molecule has 1 heterocycles. The lowest BCUT2D eigenvalue weighted by Crippen LogP contribution is -2.28. The van der Waals surface area contributed by atoms with Crippen LogP contribution in [0.25, 0.3) is 0 Å². The van der Waals surface area contributed by atoms with E-state index in [0.29, 0.717) is 5.92 Å². The molecule has 0 radical (unpaired) electrons. The summed E-state index contributed by atoms with van der Waals surface area (Å²) in [7, 11) is 0. The van der Waals surface area contributed by atoms with Gasteiger partial charge in [-0.15, -0.1) is 0 Å². The second kappa shape index (κ2) is 7.51. The van der Waals surface area contributed by atoms with Crippen LogP contribution >= 0.6 is 0 Å². The van der Waals surface area contributed by atoms with Crippen LogP contribution in [0.1, 0.15) is 12.8 Å². The Labute approximate surface area is 100.0 Å². The normalized spacial score (nSPS) is 15.5. The van der Waals surface area contributed by atoms with Gasteiger partial charge in [-0.2, -0.15) is 0 Å². The first-order chi connectivity index (χ1) is 8.24. The summed E-state index contributed by atoms with van der Waals surface area (Å²) in [5, 5.41) is 13.2. The lowest BCUT2D eigenvalue weighted by atomic mass is 10.0. The Kier molecular flexibility index (Phi) is 5.88. The summed E-state index contributed by atoms with van der Waals surface area (Å²) in [6, 6.07) is 7.93. The van der Waals surface area contributed by atoms with Crippen LogP contribution in [0, 0.1) is 16.0 Å². The van der Waals surface area contributed by atoms with Gasteiger partial charge in [0, 0.05) is 18.1 Å². The zero-order valence-electron chi connectivity index (χ0n) is 9.54. The molecule has 2 rings (SSSR count). The van der Waals surface area contributed by atoms with Crippen LogP contribution in [0.3, 0.4) is 0 Å². The fourth-order valence-corrected chi connectivity index (χ4v) is 1.53. The van der Waals surface area contributed by atoms with Gasteiger partial charge in [-0.25, -0.2) is 0 Å². The number of nitrogens with one attached hydrogen (secondary N) is 1. The van der Waals surface area contributed by atoms with Crippen LogP contribution in [-0.4, -0.2) is 24.3 Å². The maximum Gasteiger partial charge on any atom is 0.269 e. The van der Waals surface area contributed by atoms with E-state index in [2.05, 4.69) is 5.32 Å². The van der Waals surface area contributed by atoms with Gasteiger partial charge in [0.25, 0.3) is 5.69 Å². The first-order valence-electron chi connectivity index (χ1n) is 5.59. The van der Waals surface area contributed by atoms with Crippen molar-refractivity contribution in [3.05, 3.63) is 40.4 Å². The van der Waals surface area contributed by atoms with Crippen LogP contribution in [0.5, 0.6) is 0 Å². The minimum absolute atomic E-state index is 0.137. The van der Waals surface area contributed by atoms with Crippen molar-refractivity contribution in [3.8, 4) is 0 Å². The van der Waals surface area contributed by atoms with Crippen molar-refractivity contribution in [1.29, 1.82) is 0 Å². The number of rotatable bonds is 2. The molecule has 1 aliphatic heterocycles. The molecule has 1 saturated heterocycles. The maximum atomic E-state index is 10.1. The second-order valence-electron chi connectivity index (χ2n) is 3.82. The molecule has 0 amide bonds. The van der Waals surface area contributed by atoms with Crippen LogP contribution in [0.15, 0.2) is 30.3 Å². The number of hydrogen-bond donors (Lipinski definition) is 1. The summed E-state index contributed by atoms with van der Waals surface area (Å²) in [4.78, 5) is 19.7. The number of nitrogens with zero attached hydrogens (tertiary/aromatic N) is 1. The van der Waals surface area contributed by atoms with Crippen LogP contribution in [0.2, 0.25) is 0 Å². The lowest BCUT2D eigenvalue weighted by molar-refractivity contribution is -0.384. The highest BCUT2D eigenvalue weighted by Crippen LogP contribution is 2.07. The van der Waals surface area contributed by atoms with Crippen molar-refractivity contribution in [2.75, 3.05) is 13.1 Å². The molecule has 1 aliphatic rings. The molecule has 5 nitrogen and oxygen atoms in total. The Bertz CT molecular complexity index is 348. The number of benzene rings is 1. The van der Waals surface area contributed by atoms with Crippen LogP contribution in [-0.2, 0) is 4.79 Å². The minimum Gasteiger partial charge on any atom is -0.317 e. The third kappa shape index (κ3) is 5.21. The van der Waals surface area contributed by atoms with Gasteiger partial charge in [0.05, 0.1) is 4.92 Å². The molecule has 0 bridgehead atoms. The van der Waals surface area contributed by atoms with Gasteiger partial charge in [-0.05, 0) is 25.9 Å². The predicted molar refractivity (Wildman–Crippen MR) is 64.8 cm³/mol. The molecule has 92 valence electrons. The summed E-state index contributed by atoms with van der Waals surface area (Å²) in [6.45, 7) is 2.03. The molecule has 1 aromatic rings. The van der Waals surface area contributed by atoms with Gasteiger partial charge in [0.15, 0.2) is 0 Å². The van der Waals surface area contributed by atoms with Crippen molar-refractivity contribution >= 4 is 12.0 Å². The quantitative estimate of drug-likeness (QED) is 0.482. The number of aldehydes is 1. The summed E-state index contributed by atoms with van der Waals surface area (Å²) >= 11 is 0. The van der Waals surface area contributed by atoms with E-state index in [1.807, 2.05) is 0 Å². The molecule has 0 spiro atoms. The van der Waals surface area contributed by atoms with E-state index in [-0.39, 0.29) is 5.69 Å². The Hall–Kier alpha value is -1.75. The van der Waals surface area contributed by atoms with Gasteiger partial charge >= 0.3 is 0 Å². The number of piperidine rings is 1. The second-order valence-corrected chi connectivity index (χ2v) is 3.82. The number of nitro groups is 1. The molecule has 17 heavy (non-hydrogen) atoms. The van der Waals surface area contributed by atoms with E-state index in [1.165, 1.54) is 12.1 Å². The van der Waals surface area contributed by atoms with Crippen molar-refractivity contribution in [2.45, 2.75) is 12.8 Å². The Morgan fingerprint density at radius 2 is 1.82 bits per heavy atom. The van der Waals surface area contributed by atoms with Gasteiger partial charge in [-0.3, -0.25) is 10.1 Å². The number of para-hydroxylation sites is 1. The molecule has 5 heteroatoms. The molecule has 0 saturated carbocycles. The van der Waals surface area contributed by atoms with E-state index in [0.717, 1.165) is 32.2 Å². The highest BCUT2D eigenvalue weighted by atomic mass is 16.6. The SMILES string of the molecule is O=CC1CCNCC1.O=[N+]([O-])c1ccccc1. The maximum absolute atomic E-state index is 10.1. The first kappa shape index (κ1) is 13.3. The highest BCUT2D eigenvalue weighted by Gasteiger charge is 2.09. The Morgan fingerprint density at radius 3 is 2.18 bits per heavy atom. The molecule has 0 aromatic heterocycles. The number of non-ortho nitro benzene ring substituents is 1. The van der Waals surface area contributed by atoms with Crippen molar-refractivity contribution in [1.82, 2.24) is 5.32 Å². The van der Waals surface area contributed by atoms with Gasteiger partial charge in [0.1, 0.15) is 6.29 Å². The zero-order valence-corrected chi connectivity index (χ0v) is 9.54. The Morgan fingerprint density at radius 1 is 1.24 bits per heavy atom. The van der Waals surface area contributed by atoms with Gasteiger partial charge in [-0.1, -0.05) is 18.2 Å². The molecule has 0 unspecified atom stereocenters. The fraction of sp³-hybridized carbons (Fsp3) is 0.417. The number of carbonyl (C=O) groups excluding carboxylic acids is 1. The minimum atomic E-state index is -0.417. The van der Waals surface area contributed by atoms with Crippen LogP contribution in [0.4, 0.5) is 5.69 Å². The fourth-order valence-electron chi connectivity index (χ4n) is 1.53. The molecule has 1 N–H and O–H groups in total. The van der Waals surface area contributed by atoms with Crippen molar-refractivity contribution in [3.63, 3.8) is 0 Å². The monoisotopic (exact) mass is 236 g/mol. The first-order valence-corrected chi connectivity index (χ1v) is 5.59. The summed E-state index contributed by atoms with van der Waals surface area (Å²) in [6.07, 6.45) is 3.13. The largest absolute Gasteiger partial charge is 0.317 e. The third-order valence-corrected chi connectivity index (χ3v) is 2.54. The van der Waals surface area contributed by atoms with E-state index in [4.69, 9.17) is 0 Å². The predicted octanol–water partition coefficient (Wildman–Crippen LogP) is 1.78. The van der Waals surface area contributed by atoms with E-state index >= 15 is 0 Å². The standard InChI is InChI=1S/C6H5NO2.C6H11NO/c8-7(9)6-4-2-1-3-5-6;8-5-6-1-3-7-4-2-6/h1-5H;5-7H,1-4H2. The highest BCUT2D eigenvalue weighted by molar-refractivity contribution is 5.53. The topological polar surface area (TPSA) is 72.2 Å². The number of carbonyl (C=O) groups is 1.